The van der Waals surface area contributed by atoms with Crippen LogP contribution in [0.2, 0.25) is 0 Å². The average Bonchev–Trinajstić information content (AvgIpc) is 2.35. The van der Waals surface area contributed by atoms with E-state index in [0.717, 1.165) is 5.33 Å². The number of ether oxygens (including phenoxy) is 4. The molecule has 17 heavy (non-hydrogen) atoms. The third kappa shape index (κ3) is 13.6. The zero-order valence-electron chi connectivity index (χ0n) is 10.1. The first-order valence-corrected chi connectivity index (χ1v) is 6.57. The Morgan fingerprint density at radius 3 is 1.88 bits per heavy atom. The molecule has 102 valence electrons. The van der Waals surface area contributed by atoms with Gasteiger partial charge in [-0.25, -0.2) is 4.79 Å². The molecule has 0 aliphatic heterocycles. The maximum Gasteiger partial charge on any atom is 0.406 e. The molecular weight excluding hydrogens is 294 g/mol. The van der Waals surface area contributed by atoms with Gasteiger partial charge in [0.15, 0.2) is 0 Å². The molecule has 0 aromatic heterocycles. The summed E-state index contributed by atoms with van der Waals surface area (Å²) >= 11 is 3.26. The van der Waals surface area contributed by atoms with E-state index in [1.807, 2.05) is 0 Å². The van der Waals surface area contributed by atoms with Gasteiger partial charge in [0, 0.05) is 12.4 Å². The van der Waals surface area contributed by atoms with Crippen LogP contribution in [-0.2, 0) is 18.9 Å². The first-order chi connectivity index (χ1) is 8.31. The number of rotatable bonds is 11. The highest BCUT2D eigenvalue weighted by atomic mass is 79.9. The Morgan fingerprint density at radius 1 is 0.941 bits per heavy atom. The minimum Gasteiger partial charge on any atom is -0.447 e. The molecule has 0 spiro atoms. The molecule has 0 aromatic carbocycles. The summed E-state index contributed by atoms with van der Waals surface area (Å²) in [6, 6.07) is 0. The number of alkyl carbamates (subject to hydrolysis) is 1. The molecular formula is C10H20BrNO5. The van der Waals surface area contributed by atoms with Crippen molar-refractivity contribution < 1.29 is 23.7 Å². The van der Waals surface area contributed by atoms with E-state index >= 15 is 0 Å². The predicted molar refractivity (Wildman–Crippen MR) is 66.7 cm³/mol. The number of amides is 1. The van der Waals surface area contributed by atoms with Crippen molar-refractivity contribution >= 4 is 22.0 Å². The van der Waals surface area contributed by atoms with Crippen molar-refractivity contribution in [1.29, 1.82) is 0 Å². The molecule has 0 heterocycles. The van der Waals surface area contributed by atoms with Crippen LogP contribution in [0.1, 0.15) is 0 Å². The van der Waals surface area contributed by atoms with Gasteiger partial charge in [-0.1, -0.05) is 15.9 Å². The highest BCUT2D eigenvalue weighted by molar-refractivity contribution is 9.09. The van der Waals surface area contributed by atoms with E-state index in [2.05, 4.69) is 21.2 Å². The Hall–Kier alpha value is -0.370. The van der Waals surface area contributed by atoms with Gasteiger partial charge in [-0.3, -0.25) is 0 Å². The molecule has 0 unspecified atom stereocenters. The molecule has 0 rings (SSSR count). The van der Waals surface area contributed by atoms with E-state index in [1.165, 1.54) is 7.05 Å². The second-order valence-electron chi connectivity index (χ2n) is 2.91. The van der Waals surface area contributed by atoms with Gasteiger partial charge in [0.2, 0.25) is 0 Å². The first-order valence-electron chi connectivity index (χ1n) is 5.45. The van der Waals surface area contributed by atoms with E-state index in [9.17, 15) is 4.79 Å². The Bertz CT molecular complexity index is 182. The van der Waals surface area contributed by atoms with Crippen LogP contribution in [-0.4, -0.2) is 64.7 Å². The van der Waals surface area contributed by atoms with Crippen LogP contribution in [0.5, 0.6) is 0 Å². The monoisotopic (exact) mass is 313 g/mol. The minimum atomic E-state index is -0.450. The van der Waals surface area contributed by atoms with E-state index < -0.39 is 6.09 Å². The summed E-state index contributed by atoms with van der Waals surface area (Å²) in [5.74, 6) is 0. The molecule has 0 aliphatic carbocycles. The molecule has 1 amide bonds. The molecule has 0 atom stereocenters. The van der Waals surface area contributed by atoms with Crippen LogP contribution >= 0.6 is 15.9 Å². The van der Waals surface area contributed by atoms with Crippen LogP contribution in [0, 0.1) is 0 Å². The second-order valence-corrected chi connectivity index (χ2v) is 3.71. The number of nitrogens with one attached hydrogen (secondary N) is 1. The van der Waals surface area contributed by atoms with E-state index in [1.54, 1.807) is 0 Å². The number of hydrogen-bond acceptors (Lipinski definition) is 5. The highest BCUT2D eigenvalue weighted by Crippen LogP contribution is 1.84. The molecule has 0 saturated carbocycles. The quantitative estimate of drug-likeness (QED) is 0.451. The molecule has 0 aromatic rings. The number of carbonyl (C=O) groups is 1. The van der Waals surface area contributed by atoms with Crippen LogP contribution < -0.4 is 5.32 Å². The minimum absolute atomic E-state index is 0.244. The van der Waals surface area contributed by atoms with Crippen molar-refractivity contribution in [3.63, 3.8) is 0 Å². The van der Waals surface area contributed by atoms with E-state index in [0.29, 0.717) is 39.6 Å². The number of alkyl halides is 1. The van der Waals surface area contributed by atoms with E-state index in [4.69, 9.17) is 18.9 Å². The molecule has 0 saturated heterocycles. The van der Waals surface area contributed by atoms with Crippen LogP contribution in [0.4, 0.5) is 4.79 Å². The van der Waals surface area contributed by atoms with Gasteiger partial charge in [-0.15, -0.1) is 0 Å². The summed E-state index contributed by atoms with van der Waals surface area (Å²) in [5, 5.41) is 3.18. The smallest absolute Gasteiger partial charge is 0.406 e. The Morgan fingerprint density at radius 2 is 1.41 bits per heavy atom. The van der Waals surface area contributed by atoms with Gasteiger partial charge in [0.1, 0.15) is 6.61 Å². The maximum absolute atomic E-state index is 10.6. The standard InChI is InChI=1S/C10H20BrNO5/c1-12-10(13)17-9-8-16-7-6-15-5-4-14-3-2-11/h2-9H2,1H3,(H,12,13). The zero-order chi connectivity index (χ0) is 12.8. The highest BCUT2D eigenvalue weighted by Gasteiger charge is 1.96. The lowest BCUT2D eigenvalue weighted by molar-refractivity contribution is 0.00799. The third-order valence-electron chi connectivity index (χ3n) is 1.63. The Balaban J connectivity index is 2.96. The Labute approximate surface area is 110 Å². The maximum atomic E-state index is 10.6. The van der Waals surface area contributed by atoms with Crippen LogP contribution in [0.3, 0.4) is 0 Å². The molecule has 0 fully saturated rings. The summed E-state index contributed by atoms with van der Waals surface area (Å²) < 4.78 is 20.3. The molecule has 6 nitrogen and oxygen atoms in total. The van der Waals surface area contributed by atoms with Gasteiger partial charge < -0.3 is 24.3 Å². The van der Waals surface area contributed by atoms with Crippen molar-refractivity contribution in [3.8, 4) is 0 Å². The topological polar surface area (TPSA) is 66.0 Å². The molecule has 1 N–H and O–H groups in total. The fourth-order valence-corrected chi connectivity index (χ4v) is 1.09. The fourth-order valence-electron chi connectivity index (χ4n) is 0.862. The predicted octanol–water partition coefficient (Wildman–Crippen LogP) is 0.787. The van der Waals surface area contributed by atoms with Crippen LogP contribution in [0.15, 0.2) is 0 Å². The molecule has 0 bridgehead atoms. The first kappa shape index (κ1) is 16.6. The summed E-state index contributed by atoms with van der Waals surface area (Å²) in [5.41, 5.74) is 0. The lowest BCUT2D eigenvalue weighted by atomic mass is 10.7. The summed E-state index contributed by atoms with van der Waals surface area (Å²) in [4.78, 5) is 10.6. The summed E-state index contributed by atoms with van der Waals surface area (Å²) in [7, 11) is 1.51. The number of carbonyl (C=O) groups excluding carboxylic acids is 1. The molecule has 0 radical (unpaired) electrons. The SMILES string of the molecule is CNC(=O)OCCOCCOCCOCCBr. The Kier molecular flexibility index (Phi) is 13.4. The largest absolute Gasteiger partial charge is 0.447 e. The van der Waals surface area contributed by atoms with Gasteiger partial charge in [-0.2, -0.15) is 0 Å². The van der Waals surface area contributed by atoms with Crippen molar-refractivity contribution in [1.82, 2.24) is 5.32 Å². The van der Waals surface area contributed by atoms with Crippen LogP contribution in [0.25, 0.3) is 0 Å². The van der Waals surface area contributed by atoms with Gasteiger partial charge in [0.05, 0.1) is 39.6 Å². The summed E-state index contributed by atoms with van der Waals surface area (Å²) in [6.07, 6.45) is -0.450. The van der Waals surface area contributed by atoms with E-state index in [-0.39, 0.29) is 6.61 Å². The van der Waals surface area contributed by atoms with Crippen molar-refractivity contribution in [3.05, 3.63) is 0 Å². The van der Waals surface area contributed by atoms with Crippen molar-refractivity contribution in [2.24, 2.45) is 0 Å². The summed E-state index contributed by atoms with van der Waals surface area (Å²) in [6.45, 7) is 3.45. The third-order valence-corrected chi connectivity index (χ3v) is 1.95. The van der Waals surface area contributed by atoms with Gasteiger partial charge in [-0.05, 0) is 0 Å². The average molecular weight is 314 g/mol. The lowest BCUT2D eigenvalue weighted by Gasteiger charge is -2.06. The normalized spacial score (nSPS) is 10.2. The number of halogens is 1. The molecule has 0 aliphatic rings. The van der Waals surface area contributed by atoms with Crippen molar-refractivity contribution in [2.75, 3.05) is 58.6 Å². The molecule has 7 heteroatoms. The number of hydrogen-bond donors (Lipinski definition) is 1. The lowest BCUT2D eigenvalue weighted by Crippen LogP contribution is -2.21. The zero-order valence-corrected chi connectivity index (χ0v) is 11.7. The second kappa shape index (κ2) is 13.7. The van der Waals surface area contributed by atoms with Gasteiger partial charge in [0.25, 0.3) is 0 Å². The van der Waals surface area contributed by atoms with Gasteiger partial charge >= 0.3 is 6.09 Å². The fraction of sp³-hybridized carbons (Fsp3) is 0.900. The van der Waals surface area contributed by atoms with Crippen molar-refractivity contribution in [2.45, 2.75) is 0 Å².